The van der Waals surface area contributed by atoms with Crippen LogP contribution in [0.1, 0.15) is 38.5 Å². The standard InChI is InChI=1S/C12H24N2O/c15-10-12-6-2-4-8-14(12)9-11-5-1-3-7-13-11/h11-13,15H,1-10H2. The zero-order valence-electron chi connectivity index (χ0n) is 9.62. The second-order valence-corrected chi connectivity index (χ2v) is 4.97. The van der Waals surface area contributed by atoms with E-state index in [0.717, 1.165) is 6.54 Å². The molecule has 2 unspecified atom stereocenters. The minimum absolute atomic E-state index is 0.340. The summed E-state index contributed by atoms with van der Waals surface area (Å²) in [6.45, 7) is 3.85. The van der Waals surface area contributed by atoms with Gasteiger partial charge in [-0.25, -0.2) is 0 Å². The summed E-state index contributed by atoms with van der Waals surface area (Å²) in [6.07, 6.45) is 7.80. The molecule has 2 heterocycles. The number of aliphatic hydroxyl groups is 1. The summed E-state index contributed by atoms with van der Waals surface area (Å²) < 4.78 is 0. The summed E-state index contributed by atoms with van der Waals surface area (Å²) in [5, 5.41) is 12.9. The molecule has 0 bridgehead atoms. The molecule has 0 aromatic rings. The van der Waals surface area contributed by atoms with Crippen LogP contribution in [0, 0.1) is 0 Å². The highest BCUT2D eigenvalue weighted by Crippen LogP contribution is 2.18. The third-order valence-corrected chi connectivity index (χ3v) is 3.83. The molecule has 0 radical (unpaired) electrons. The lowest BCUT2D eigenvalue weighted by Gasteiger charge is -2.38. The van der Waals surface area contributed by atoms with Crippen LogP contribution >= 0.6 is 0 Å². The van der Waals surface area contributed by atoms with Crippen LogP contribution in [0.2, 0.25) is 0 Å². The van der Waals surface area contributed by atoms with Gasteiger partial charge in [-0.1, -0.05) is 12.8 Å². The van der Waals surface area contributed by atoms with Gasteiger partial charge in [0.1, 0.15) is 0 Å². The highest BCUT2D eigenvalue weighted by Gasteiger charge is 2.24. The molecule has 88 valence electrons. The Labute approximate surface area is 92.8 Å². The number of piperidine rings is 2. The van der Waals surface area contributed by atoms with Crippen LogP contribution in [0.15, 0.2) is 0 Å². The first-order valence-corrected chi connectivity index (χ1v) is 6.48. The molecule has 2 fully saturated rings. The van der Waals surface area contributed by atoms with Crippen molar-refractivity contribution >= 4 is 0 Å². The average molecular weight is 212 g/mol. The Hall–Kier alpha value is -0.120. The van der Waals surface area contributed by atoms with Crippen LogP contribution < -0.4 is 5.32 Å². The Bertz CT molecular complexity index is 180. The quantitative estimate of drug-likeness (QED) is 0.732. The summed E-state index contributed by atoms with van der Waals surface area (Å²) in [5.74, 6) is 0. The van der Waals surface area contributed by atoms with Crippen molar-refractivity contribution in [2.75, 3.05) is 26.2 Å². The van der Waals surface area contributed by atoms with E-state index in [4.69, 9.17) is 0 Å². The lowest BCUT2D eigenvalue weighted by atomic mass is 9.99. The fourth-order valence-corrected chi connectivity index (χ4v) is 2.87. The van der Waals surface area contributed by atoms with E-state index in [2.05, 4.69) is 10.2 Å². The van der Waals surface area contributed by atoms with Gasteiger partial charge in [0.25, 0.3) is 0 Å². The normalized spacial score (nSPS) is 34.2. The molecule has 3 nitrogen and oxygen atoms in total. The number of nitrogens with zero attached hydrogens (tertiary/aromatic N) is 1. The lowest BCUT2D eigenvalue weighted by Crippen LogP contribution is -2.50. The molecular formula is C12H24N2O. The number of nitrogens with one attached hydrogen (secondary N) is 1. The lowest BCUT2D eigenvalue weighted by molar-refractivity contribution is 0.0780. The molecule has 2 saturated heterocycles. The molecule has 0 aromatic carbocycles. The van der Waals surface area contributed by atoms with Gasteiger partial charge in [0.2, 0.25) is 0 Å². The highest BCUT2D eigenvalue weighted by atomic mass is 16.3. The van der Waals surface area contributed by atoms with E-state index < -0.39 is 0 Å². The maximum atomic E-state index is 9.33. The predicted octanol–water partition coefficient (Wildman–Crippen LogP) is 0.975. The fraction of sp³-hybridized carbons (Fsp3) is 1.00. The van der Waals surface area contributed by atoms with Crippen LogP contribution in [0.5, 0.6) is 0 Å². The molecule has 0 amide bonds. The second-order valence-electron chi connectivity index (χ2n) is 4.97. The first-order valence-electron chi connectivity index (χ1n) is 6.48. The van der Waals surface area contributed by atoms with Gasteiger partial charge in [0.15, 0.2) is 0 Å². The van der Waals surface area contributed by atoms with Crippen LogP contribution in [0.3, 0.4) is 0 Å². The van der Waals surface area contributed by atoms with E-state index >= 15 is 0 Å². The molecule has 0 aliphatic carbocycles. The zero-order chi connectivity index (χ0) is 10.5. The topological polar surface area (TPSA) is 35.5 Å². The highest BCUT2D eigenvalue weighted by molar-refractivity contribution is 4.82. The maximum Gasteiger partial charge on any atom is 0.0586 e. The number of hydrogen-bond acceptors (Lipinski definition) is 3. The third kappa shape index (κ3) is 3.16. The van der Waals surface area contributed by atoms with Crippen molar-refractivity contribution in [3.05, 3.63) is 0 Å². The Kier molecular flexibility index (Phi) is 4.42. The van der Waals surface area contributed by atoms with E-state index in [1.165, 1.54) is 51.6 Å². The molecule has 0 spiro atoms. The SMILES string of the molecule is OCC1CCCCN1CC1CCCCN1. The Morgan fingerprint density at radius 3 is 2.73 bits per heavy atom. The van der Waals surface area contributed by atoms with Gasteiger partial charge in [0.05, 0.1) is 6.61 Å². The molecule has 0 saturated carbocycles. The predicted molar refractivity (Wildman–Crippen MR) is 61.9 cm³/mol. The molecule has 2 N–H and O–H groups in total. The molecule has 3 heteroatoms. The van der Waals surface area contributed by atoms with Gasteiger partial charge in [-0.15, -0.1) is 0 Å². The molecule has 0 aromatic heterocycles. The van der Waals surface area contributed by atoms with Gasteiger partial charge in [-0.3, -0.25) is 4.90 Å². The summed E-state index contributed by atoms with van der Waals surface area (Å²) in [5.41, 5.74) is 0. The van der Waals surface area contributed by atoms with Gasteiger partial charge >= 0.3 is 0 Å². The van der Waals surface area contributed by atoms with Crippen LogP contribution in [0.4, 0.5) is 0 Å². The Morgan fingerprint density at radius 1 is 1.13 bits per heavy atom. The summed E-state index contributed by atoms with van der Waals surface area (Å²) in [7, 11) is 0. The maximum absolute atomic E-state index is 9.33. The van der Waals surface area contributed by atoms with Crippen molar-refractivity contribution in [3.8, 4) is 0 Å². The molecule has 2 aliphatic heterocycles. The van der Waals surface area contributed by atoms with E-state index in [-0.39, 0.29) is 0 Å². The number of aliphatic hydroxyl groups excluding tert-OH is 1. The monoisotopic (exact) mass is 212 g/mol. The fourth-order valence-electron chi connectivity index (χ4n) is 2.87. The minimum atomic E-state index is 0.340. The largest absolute Gasteiger partial charge is 0.395 e. The minimum Gasteiger partial charge on any atom is -0.395 e. The van der Waals surface area contributed by atoms with Crippen molar-refractivity contribution in [3.63, 3.8) is 0 Å². The van der Waals surface area contributed by atoms with Gasteiger partial charge in [0, 0.05) is 18.6 Å². The third-order valence-electron chi connectivity index (χ3n) is 3.83. The van der Waals surface area contributed by atoms with Crippen molar-refractivity contribution in [1.29, 1.82) is 0 Å². The molecule has 2 aliphatic rings. The Morgan fingerprint density at radius 2 is 2.00 bits per heavy atom. The van der Waals surface area contributed by atoms with Crippen LogP contribution in [-0.2, 0) is 0 Å². The molecule has 15 heavy (non-hydrogen) atoms. The van der Waals surface area contributed by atoms with E-state index in [9.17, 15) is 5.11 Å². The first kappa shape index (κ1) is 11.4. The summed E-state index contributed by atoms with van der Waals surface area (Å²) in [4.78, 5) is 2.49. The van der Waals surface area contributed by atoms with Crippen molar-refractivity contribution in [2.24, 2.45) is 0 Å². The average Bonchev–Trinajstić information content (AvgIpc) is 2.31. The first-order chi connectivity index (χ1) is 7.40. The summed E-state index contributed by atoms with van der Waals surface area (Å²) in [6, 6.07) is 1.10. The Balaban J connectivity index is 1.79. The molecular weight excluding hydrogens is 188 g/mol. The molecule has 2 rings (SSSR count). The number of hydrogen-bond donors (Lipinski definition) is 2. The van der Waals surface area contributed by atoms with Gasteiger partial charge < -0.3 is 10.4 Å². The summed E-state index contributed by atoms with van der Waals surface area (Å²) >= 11 is 0. The van der Waals surface area contributed by atoms with Crippen LogP contribution in [0.25, 0.3) is 0 Å². The second kappa shape index (κ2) is 5.83. The van der Waals surface area contributed by atoms with Crippen molar-refractivity contribution in [2.45, 2.75) is 50.6 Å². The number of rotatable bonds is 3. The van der Waals surface area contributed by atoms with E-state index in [1.807, 2.05) is 0 Å². The van der Waals surface area contributed by atoms with Gasteiger partial charge in [-0.05, 0) is 38.8 Å². The van der Waals surface area contributed by atoms with Gasteiger partial charge in [-0.2, -0.15) is 0 Å². The van der Waals surface area contributed by atoms with E-state index in [0.29, 0.717) is 18.7 Å². The van der Waals surface area contributed by atoms with Crippen molar-refractivity contribution < 1.29 is 5.11 Å². The van der Waals surface area contributed by atoms with E-state index in [1.54, 1.807) is 0 Å². The smallest absolute Gasteiger partial charge is 0.0586 e. The van der Waals surface area contributed by atoms with Crippen LogP contribution in [-0.4, -0.2) is 48.3 Å². The molecule has 2 atom stereocenters. The number of likely N-dealkylation sites (tertiary alicyclic amines) is 1. The van der Waals surface area contributed by atoms with Crippen molar-refractivity contribution in [1.82, 2.24) is 10.2 Å². The zero-order valence-corrected chi connectivity index (χ0v) is 9.62.